The highest BCUT2D eigenvalue weighted by molar-refractivity contribution is 6.05. The number of hydrogen-bond donors (Lipinski definition) is 1. The van der Waals surface area contributed by atoms with Crippen molar-refractivity contribution in [3.63, 3.8) is 0 Å². The molecule has 0 saturated heterocycles. The van der Waals surface area contributed by atoms with Gasteiger partial charge in [-0.05, 0) is 30.3 Å². The molecule has 3 aromatic rings. The van der Waals surface area contributed by atoms with Crippen LogP contribution in [0.25, 0.3) is 11.4 Å². The van der Waals surface area contributed by atoms with Gasteiger partial charge in [0.1, 0.15) is 24.6 Å². The van der Waals surface area contributed by atoms with Gasteiger partial charge in [0, 0.05) is 25.0 Å². The molecule has 4 rings (SSSR count). The van der Waals surface area contributed by atoms with Gasteiger partial charge < -0.3 is 14.4 Å². The molecule has 7 heteroatoms. The van der Waals surface area contributed by atoms with E-state index in [9.17, 15) is 4.79 Å². The number of fused-ring (bicyclic) bond motifs is 1. The standard InChI is InChI=1S/C18H16N4O3/c1-22(12-5-6-16-17(10-12)25-9-8-24-16)18(23)15-11-14(20-21-15)13-4-2-3-7-19-13/h2-7,10-11H,8-9H2,1H3,(H,20,21). The van der Waals surface area contributed by atoms with Crippen molar-refractivity contribution in [1.82, 2.24) is 15.2 Å². The fraction of sp³-hybridized carbons (Fsp3) is 0.167. The number of nitrogens with zero attached hydrogens (tertiary/aromatic N) is 3. The molecular weight excluding hydrogens is 320 g/mol. The average molecular weight is 336 g/mol. The van der Waals surface area contributed by atoms with Crippen molar-refractivity contribution in [2.75, 3.05) is 25.2 Å². The molecular formula is C18H16N4O3. The predicted molar refractivity (Wildman–Crippen MR) is 92.0 cm³/mol. The van der Waals surface area contributed by atoms with Gasteiger partial charge >= 0.3 is 0 Å². The second-order valence-corrected chi connectivity index (χ2v) is 5.57. The highest BCUT2D eigenvalue weighted by atomic mass is 16.6. The maximum Gasteiger partial charge on any atom is 0.276 e. The Kier molecular flexibility index (Phi) is 3.81. The Labute approximate surface area is 144 Å². The third-order valence-corrected chi connectivity index (χ3v) is 3.95. The summed E-state index contributed by atoms with van der Waals surface area (Å²) in [4.78, 5) is 18.5. The fourth-order valence-corrected chi connectivity index (χ4v) is 2.62. The molecule has 0 bridgehead atoms. The highest BCUT2D eigenvalue weighted by Crippen LogP contribution is 2.34. The number of ether oxygens (including phenoxy) is 2. The molecule has 1 aliphatic rings. The van der Waals surface area contributed by atoms with E-state index in [0.29, 0.717) is 47.5 Å². The molecule has 2 aromatic heterocycles. The van der Waals surface area contributed by atoms with Crippen molar-refractivity contribution >= 4 is 11.6 Å². The predicted octanol–water partition coefficient (Wildman–Crippen LogP) is 2.52. The maximum absolute atomic E-state index is 12.7. The molecule has 25 heavy (non-hydrogen) atoms. The minimum Gasteiger partial charge on any atom is -0.486 e. The largest absolute Gasteiger partial charge is 0.486 e. The minimum atomic E-state index is -0.202. The molecule has 0 radical (unpaired) electrons. The van der Waals surface area contributed by atoms with E-state index in [1.807, 2.05) is 24.3 Å². The van der Waals surface area contributed by atoms with Crippen LogP contribution < -0.4 is 14.4 Å². The summed E-state index contributed by atoms with van der Waals surface area (Å²) in [5.74, 6) is 1.13. The van der Waals surface area contributed by atoms with Crippen LogP contribution in [0.3, 0.4) is 0 Å². The van der Waals surface area contributed by atoms with E-state index in [1.54, 1.807) is 31.4 Å². The number of carbonyl (C=O) groups is 1. The van der Waals surface area contributed by atoms with E-state index in [2.05, 4.69) is 15.2 Å². The zero-order chi connectivity index (χ0) is 17.2. The lowest BCUT2D eigenvalue weighted by Gasteiger charge is -2.22. The molecule has 1 aliphatic heterocycles. The van der Waals surface area contributed by atoms with Crippen LogP contribution in [0.15, 0.2) is 48.7 Å². The van der Waals surface area contributed by atoms with Crippen molar-refractivity contribution in [2.45, 2.75) is 0 Å². The van der Waals surface area contributed by atoms with Gasteiger partial charge in [0.15, 0.2) is 11.5 Å². The van der Waals surface area contributed by atoms with Crippen molar-refractivity contribution in [3.05, 3.63) is 54.4 Å². The molecule has 1 aromatic carbocycles. The lowest BCUT2D eigenvalue weighted by Crippen LogP contribution is -2.27. The zero-order valence-corrected chi connectivity index (χ0v) is 13.6. The quantitative estimate of drug-likeness (QED) is 0.795. The number of nitrogens with one attached hydrogen (secondary N) is 1. The topological polar surface area (TPSA) is 80.3 Å². The van der Waals surface area contributed by atoms with Gasteiger partial charge in [0.2, 0.25) is 0 Å². The Morgan fingerprint density at radius 1 is 1.08 bits per heavy atom. The van der Waals surface area contributed by atoms with Gasteiger partial charge in [-0.15, -0.1) is 0 Å². The average Bonchev–Trinajstić information content (AvgIpc) is 3.17. The molecule has 3 heterocycles. The number of hydrogen-bond acceptors (Lipinski definition) is 5. The summed E-state index contributed by atoms with van der Waals surface area (Å²) in [6.07, 6.45) is 1.69. The normalized spacial score (nSPS) is 12.7. The van der Waals surface area contributed by atoms with Crippen molar-refractivity contribution in [2.24, 2.45) is 0 Å². The van der Waals surface area contributed by atoms with Crippen LogP contribution >= 0.6 is 0 Å². The number of pyridine rings is 1. The number of aromatic amines is 1. The van der Waals surface area contributed by atoms with Crippen LogP contribution in [0.4, 0.5) is 5.69 Å². The first-order valence-corrected chi connectivity index (χ1v) is 7.87. The van der Waals surface area contributed by atoms with E-state index in [4.69, 9.17) is 9.47 Å². The van der Waals surface area contributed by atoms with E-state index in [-0.39, 0.29) is 5.91 Å². The maximum atomic E-state index is 12.7. The van der Waals surface area contributed by atoms with Gasteiger partial charge in [-0.1, -0.05) is 6.07 Å². The first kappa shape index (κ1) is 15.2. The summed E-state index contributed by atoms with van der Waals surface area (Å²) in [7, 11) is 1.70. The number of anilines is 1. The summed E-state index contributed by atoms with van der Waals surface area (Å²) >= 11 is 0. The van der Waals surface area contributed by atoms with Crippen molar-refractivity contribution < 1.29 is 14.3 Å². The lowest BCUT2D eigenvalue weighted by atomic mass is 10.2. The number of amides is 1. The van der Waals surface area contributed by atoms with Crippen LogP contribution in [-0.4, -0.2) is 41.3 Å². The molecule has 0 saturated carbocycles. The summed E-state index contributed by atoms with van der Waals surface area (Å²) in [6.45, 7) is 1.04. The van der Waals surface area contributed by atoms with Crippen LogP contribution in [0, 0.1) is 0 Å². The molecule has 7 nitrogen and oxygen atoms in total. The van der Waals surface area contributed by atoms with E-state index < -0.39 is 0 Å². The lowest BCUT2D eigenvalue weighted by molar-refractivity contribution is 0.0988. The third-order valence-electron chi connectivity index (χ3n) is 3.95. The Morgan fingerprint density at radius 3 is 2.72 bits per heavy atom. The van der Waals surface area contributed by atoms with Gasteiger partial charge in [0.25, 0.3) is 5.91 Å². The van der Waals surface area contributed by atoms with Gasteiger partial charge in [0.05, 0.1) is 5.69 Å². The molecule has 0 aliphatic carbocycles. The highest BCUT2D eigenvalue weighted by Gasteiger charge is 2.19. The smallest absolute Gasteiger partial charge is 0.276 e. The summed E-state index contributed by atoms with van der Waals surface area (Å²) in [6, 6.07) is 12.7. The van der Waals surface area contributed by atoms with Gasteiger partial charge in [-0.2, -0.15) is 5.10 Å². The minimum absolute atomic E-state index is 0.202. The Morgan fingerprint density at radius 2 is 1.92 bits per heavy atom. The van der Waals surface area contributed by atoms with Crippen molar-refractivity contribution in [1.29, 1.82) is 0 Å². The molecule has 0 unspecified atom stereocenters. The first-order valence-electron chi connectivity index (χ1n) is 7.87. The van der Waals surface area contributed by atoms with Crippen LogP contribution in [0.5, 0.6) is 11.5 Å². The first-order chi connectivity index (χ1) is 12.2. The van der Waals surface area contributed by atoms with Gasteiger partial charge in [-0.25, -0.2) is 0 Å². The van der Waals surface area contributed by atoms with E-state index >= 15 is 0 Å². The second-order valence-electron chi connectivity index (χ2n) is 5.57. The summed E-state index contributed by atoms with van der Waals surface area (Å²) in [5.41, 5.74) is 2.43. The van der Waals surface area contributed by atoms with E-state index in [1.165, 1.54) is 4.90 Å². The Hall–Kier alpha value is -3.35. The fourth-order valence-electron chi connectivity index (χ4n) is 2.62. The Bertz CT molecular complexity index is 908. The zero-order valence-electron chi connectivity index (χ0n) is 13.6. The van der Waals surface area contributed by atoms with Gasteiger partial charge in [-0.3, -0.25) is 14.9 Å². The van der Waals surface area contributed by atoms with Crippen LogP contribution in [0.2, 0.25) is 0 Å². The third kappa shape index (κ3) is 2.91. The molecule has 0 spiro atoms. The number of rotatable bonds is 3. The molecule has 126 valence electrons. The SMILES string of the molecule is CN(C(=O)c1cc(-c2ccccn2)n[nH]1)c1ccc2c(c1)OCCO2. The van der Waals surface area contributed by atoms with Crippen molar-refractivity contribution in [3.8, 4) is 22.9 Å². The molecule has 0 atom stereocenters. The van der Waals surface area contributed by atoms with Crippen LogP contribution in [0.1, 0.15) is 10.5 Å². The molecule has 1 amide bonds. The second kappa shape index (κ2) is 6.27. The number of aromatic nitrogens is 3. The molecule has 0 fully saturated rings. The molecule has 1 N–H and O–H groups in total. The summed E-state index contributed by atoms with van der Waals surface area (Å²) < 4.78 is 11.1. The summed E-state index contributed by atoms with van der Waals surface area (Å²) in [5, 5.41) is 6.95. The number of carbonyl (C=O) groups excluding carboxylic acids is 1. The number of H-pyrrole nitrogens is 1. The van der Waals surface area contributed by atoms with E-state index in [0.717, 1.165) is 0 Å². The Balaban J connectivity index is 1.57. The monoisotopic (exact) mass is 336 g/mol. The van der Waals surface area contributed by atoms with Crippen LogP contribution in [-0.2, 0) is 0 Å². The number of benzene rings is 1.